The van der Waals surface area contributed by atoms with Crippen LogP contribution in [0.15, 0.2) is 76.4 Å². The van der Waals surface area contributed by atoms with Crippen molar-refractivity contribution in [3.05, 3.63) is 83.1 Å². The van der Waals surface area contributed by atoms with Crippen molar-refractivity contribution >= 4 is 29.7 Å². The van der Waals surface area contributed by atoms with Crippen LogP contribution < -0.4 is 11.2 Å². The van der Waals surface area contributed by atoms with Gasteiger partial charge in [0.1, 0.15) is 17.7 Å². The molecule has 0 radical (unpaired) electrons. The number of nitrogens with two attached hydrogens (primary N) is 1. The zero-order chi connectivity index (χ0) is 30.6. The molecule has 0 saturated carbocycles. The van der Waals surface area contributed by atoms with E-state index in [1.165, 1.54) is 0 Å². The van der Waals surface area contributed by atoms with Crippen LogP contribution in [0.4, 0.5) is 19.0 Å². The van der Waals surface area contributed by atoms with Crippen LogP contribution in [-0.4, -0.2) is 64.1 Å². The predicted molar refractivity (Wildman–Crippen MR) is 152 cm³/mol. The highest BCUT2D eigenvalue weighted by Gasteiger charge is 2.50. The number of carbonyl (C=O) groups is 2. The highest BCUT2D eigenvalue weighted by molar-refractivity contribution is 6.05. The van der Waals surface area contributed by atoms with E-state index in [-0.39, 0.29) is 33.8 Å². The number of halogens is 3. The van der Waals surface area contributed by atoms with E-state index in [1.807, 2.05) is 18.7 Å². The van der Waals surface area contributed by atoms with Crippen molar-refractivity contribution in [3.63, 3.8) is 0 Å². The molecule has 0 aliphatic carbocycles. The van der Waals surface area contributed by atoms with Crippen molar-refractivity contribution in [1.29, 1.82) is 0 Å². The fraction of sp³-hybridized carbons (Fsp3) is 0.367. The largest absolute Gasteiger partial charge is 0.416 e. The summed E-state index contributed by atoms with van der Waals surface area (Å²) in [6, 6.07) is 7.99. The first-order valence-corrected chi connectivity index (χ1v) is 14.0. The maximum Gasteiger partial charge on any atom is 0.416 e. The molecular formula is C30H31F3N7O3+. The number of anilines is 1. The Bertz CT molecular complexity index is 1590. The third-order valence-electron chi connectivity index (χ3n) is 8.51. The first-order chi connectivity index (χ1) is 20.4. The molecule has 2 saturated heterocycles. The minimum absolute atomic E-state index is 0.0705. The SMILES string of the molecule is C[C@@H]1[C@H](C2=C3C=NC=C[N+]3(N)C(c3ccc(C(=O)Nc4cc(C(F)(F)F)ccn4)cc3)=N2)CCCN1C(=O)C1(C)COC1. The van der Waals surface area contributed by atoms with Crippen molar-refractivity contribution in [2.75, 3.05) is 25.1 Å². The number of hydrogen-bond acceptors (Lipinski definition) is 7. The van der Waals surface area contributed by atoms with Gasteiger partial charge in [0.05, 0.1) is 42.2 Å². The van der Waals surface area contributed by atoms with E-state index in [0.29, 0.717) is 36.9 Å². The number of fused-ring (bicyclic) bond motifs is 1. The van der Waals surface area contributed by atoms with Gasteiger partial charge in [-0.3, -0.25) is 14.6 Å². The number of amides is 2. The molecule has 10 nitrogen and oxygen atoms in total. The van der Waals surface area contributed by atoms with E-state index in [9.17, 15) is 22.8 Å². The summed E-state index contributed by atoms with van der Waals surface area (Å²) in [5.41, 5.74) is 0.929. The van der Waals surface area contributed by atoms with E-state index in [2.05, 4.69) is 15.3 Å². The number of amidine groups is 1. The van der Waals surface area contributed by atoms with E-state index in [4.69, 9.17) is 15.6 Å². The lowest BCUT2D eigenvalue weighted by molar-refractivity contribution is -0.750. The van der Waals surface area contributed by atoms with E-state index in [0.717, 1.165) is 36.9 Å². The summed E-state index contributed by atoms with van der Waals surface area (Å²) in [5, 5.41) is 2.41. The number of likely N-dealkylation sites (tertiary alicyclic amines) is 1. The Balaban J connectivity index is 1.25. The molecule has 2 amide bonds. The lowest BCUT2D eigenvalue weighted by atomic mass is 9.82. The lowest BCUT2D eigenvalue weighted by Crippen LogP contribution is -2.58. The number of benzene rings is 1. The number of nitrogens with zero attached hydrogens (tertiary/aromatic N) is 5. The number of aromatic nitrogens is 1. The molecule has 6 rings (SSSR count). The molecule has 224 valence electrons. The maximum absolute atomic E-state index is 13.4. The topological polar surface area (TPSA) is 122 Å². The number of alkyl halides is 3. The second kappa shape index (κ2) is 10.5. The molecule has 1 aromatic carbocycles. The molecule has 0 spiro atoms. The molecule has 2 aromatic rings. The molecule has 4 aliphatic rings. The fourth-order valence-electron chi connectivity index (χ4n) is 5.99. The van der Waals surface area contributed by atoms with Crippen molar-refractivity contribution in [2.45, 2.75) is 38.9 Å². The van der Waals surface area contributed by atoms with Gasteiger partial charge in [0.25, 0.3) is 11.7 Å². The van der Waals surface area contributed by atoms with Gasteiger partial charge >= 0.3 is 6.18 Å². The zero-order valence-corrected chi connectivity index (χ0v) is 23.6. The Labute approximate surface area is 246 Å². The smallest absolute Gasteiger partial charge is 0.379 e. The van der Waals surface area contributed by atoms with Gasteiger partial charge < -0.3 is 15.0 Å². The Hall–Kier alpha value is -4.20. The van der Waals surface area contributed by atoms with Gasteiger partial charge in [-0.25, -0.2) is 4.98 Å². The number of allylic oxidation sites excluding steroid dienone is 1. The monoisotopic (exact) mass is 594 g/mol. The van der Waals surface area contributed by atoms with Gasteiger partial charge in [-0.2, -0.15) is 24.0 Å². The van der Waals surface area contributed by atoms with Crippen LogP contribution in [0, 0.1) is 11.3 Å². The fourth-order valence-corrected chi connectivity index (χ4v) is 5.99. The summed E-state index contributed by atoms with van der Waals surface area (Å²) in [7, 11) is 0. The third kappa shape index (κ3) is 5.07. The Morgan fingerprint density at radius 2 is 1.93 bits per heavy atom. The summed E-state index contributed by atoms with van der Waals surface area (Å²) >= 11 is 0. The van der Waals surface area contributed by atoms with Crippen molar-refractivity contribution in [3.8, 4) is 0 Å². The molecule has 2 fully saturated rings. The number of hydrogen-bond donors (Lipinski definition) is 2. The number of ether oxygens (including phenoxy) is 1. The quantitative estimate of drug-likeness (QED) is 0.396. The first kappa shape index (κ1) is 28.9. The number of quaternary nitrogens is 1. The maximum atomic E-state index is 13.4. The molecule has 13 heteroatoms. The van der Waals surface area contributed by atoms with Crippen LogP contribution >= 0.6 is 0 Å². The van der Waals surface area contributed by atoms with Crippen LogP contribution in [-0.2, 0) is 15.7 Å². The van der Waals surface area contributed by atoms with Gasteiger partial charge in [-0.15, -0.1) is 4.59 Å². The normalized spacial score (nSPS) is 26.1. The van der Waals surface area contributed by atoms with Crippen molar-refractivity contribution in [2.24, 2.45) is 27.2 Å². The predicted octanol–water partition coefficient (Wildman–Crippen LogP) is 4.23. The molecule has 5 heterocycles. The molecule has 1 aromatic heterocycles. The Morgan fingerprint density at radius 1 is 1.19 bits per heavy atom. The molecule has 43 heavy (non-hydrogen) atoms. The average Bonchev–Trinajstić information content (AvgIpc) is 3.28. The summed E-state index contributed by atoms with van der Waals surface area (Å²) in [5.74, 6) is 6.64. The molecule has 3 N–H and O–H groups in total. The zero-order valence-electron chi connectivity index (χ0n) is 23.6. The van der Waals surface area contributed by atoms with Gasteiger partial charge in [0.2, 0.25) is 11.6 Å². The summed E-state index contributed by atoms with van der Waals surface area (Å²) in [6.07, 6.45) is 3.11. The number of carbonyl (C=O) groups excluding carboxylic acids is 2. The van der Waals surface area contributed by atoms with Crippen molar-refractivity contribution in [1.82, 2.24) is 9.88 Å². The summed E-state index contributed by atoms with van der Waals surface area (Å²) in [6.45, 7) is 5.48. The van der Waals surface area contributed by atoms with Gasteiger partial charge in [-0.05, 0) is 63.1 Å². The van der Waals surface area contributed by atoms with Crippen LogP contribution in [0.1, 0.15) is 48.2 Å². The second-order valence-electron chi connectivity index (χ2n) is 11.6. The number of nitrogens with one attached hydrogen (secondary N) is 1. The molecule has 4 aliphatic heterocycles. The number of piperidine rings is 1. The number of aliphatic imine (C=N–C) groups is 2. The Morgan fingerprint density at radius 3 is 2.60 bits per heavy atom. The van der Waals surface area contributed by atoms with Crippen LogP contribution in [0.3, 0.4) is 0 Å². The van der Waals surface area contributed by atoms with Gasteiger partial charge in [0, 0.05) is 30.3 Å². The number of pyridine rings is 1. The third-order valence-corrected chi connectivity index (χ3v) is 8.51. The molecule has 3 atom stereocenters. The van der Waals surface area contributed by atoms with E-state index >= 15 is 0 Å². The minimum atomic E-state index is -4.56. The second-order valence-corrected chi connectivity index (χ2v) is 11.6. The van der Waals surface area contributed by atoms with Crippen LogP contribution in [0.25, 0.3) is 0 Å². The first-order valence-electron chi connectivity index (χ1n) is 14.0. The highest BCUT2D eigenvalue weighted by atomic mass is 19.4. The molecule has 1 unspecified atom stereocenters. The standard InChI is InChI=1S/C30H30F3N7O3/c1-18-22(4-3-12-39(18)28(42)29(2)16-43-17-29)25-23-15-35-11-13-40(23,34)26(38-25)19-5-7-20(8-6-19)27(41)37-24-14-21(9-10-36-24)30(31,32)33/h5-11,13-15,18,22H,3-4,12,16-17,34H2,1-2H3/p+1/t18-,22-,40?/m1/s1. The van der Waals surface area contributed by atoms with E-state index in [1.54, 1.807) is 42.9 Å². The Kier molecular flexibility index (Phi) is 7.06. The summed E-state index contributed by atoms with van der Waals surface area (Å²) < 4.78 is 44.3. The lowest BCUT2D eigenvalue weighted by Gasteiger charge is -2.46. The van der Waals surface area contributed by atoms with Crippen LogP contribution in [0.2, 0.25) is 0 Å². The highest BCUT2D eigenvalue weighted by Crippen LogP contribution is 2.41. The molecule has 0 bridgehead atoms. The van der Waals surface area contributed by atoms with Gasteiger partial charge in [-0.1, -0.05) is 0 Å². The van der Waals surface area contributed by atoms with Crippen molar-refractivity contribution < 1.29 is 32.1 Å². The van der Waals surface area contributed by atoms with Gasteiger partial charge in [0.15, 0.2) is 0 Å². The minimum Gasteiger partial charge on any atom is -0.379 e. The average molecular weight is 595 g/mol. The summed E-state index contributed by atoms with van der Waals surface area (Å²) in [4.78, 5) is 41.3. The van der Waals surface area contributed by atoms with Crippen LogP contribution in [0.5, 0.6) is 0 Å². The molecular weight excluding hydrogens is 563 g/mol. The number of rotatable bonds is 5. The van der Waals surface area contributed by atoms with E-state index < -0.39 is 23.1 Å².